The summed E-state index contributed by atoms with van der Waals surface area (Å²) < 4.78 is 7.76. The van der Waals surface area contributed by atoms with Gasteiger partial charge in [-0.3, -0.25) is 11.3 Å². The van der Waals surface area contributed by atoms with E-state index in [0.29, 0.717) is 5.92 Å². The van der Waals surface area contributed by atoms with E-state index in [2.05, 4.69) is 28.8 Å². The van der Waals surface area contributed by atoms with Crippen LogP contribution in [0.2, 0.25) is 0 Å². The number of nitrogens with one attached hydrogen (secondary N) is 1. The van der Waals surface area contributed by atoms with Crippen LogP contribution < -0.4 is 11.3 Å². The van der Waals surface area contributed by atoms with Crippen molar-refractivity contribution in [3.05, 3.63) is 18.2 Å². The van der Waals surface area contributed by atoms with Gasteiger partial charge in [-0.2, -0.15) is 0 Å². The molecule has 2 rings (SSSR count). The Kier molecular flexibility index (Phi) is 4.15. The van der Waals surface area contributed by atoms with Gasteiger partial charge in [0.15, 0.2) is 0 Å². The van der Waals surface area contributed by atoms with Gasteiger partial charge in [0.25, 0.3) is 0 Å². The molecule has 2 heterocycles. The molecule has 0 radical (unpaired) electrons. The van der Waals surface area contributed by atoms with Crippen LogP contribution in [0.3, 0.4) is 0 Å². The number of hydrogen-bond donors (Lipinski definition) is 2. The number of rotatable bonds is 5. The number of imidazole rings is 1. The van der Waals surface area contributed by atoms with Crippen LogP contribution in [0, 0.1) is 5.92 Å². The molecule has 17 heavy (non-hydrogen) atoms. The van der Waals surface area contributed by atoms with Gasteiger partial charge in [0.2, 0.25) is 0 Å². The van der Waals surface area contributed by atoms with E-state index >= 15 is 0 Å². The van der Waals surface area contributed by atoms with E-state index in [9.17, 15) is 0 Å². The minimum atomic E-state index is 0.236. The van der Waals surface area contributed by atoms with E-state index < -0.39 is 0 Å². The molecule has 0 aromatic carbocycles. The minimum absolute atomic E-state index is 0.236. The molecule has 3 atom stereocenters. The Morgan fingerprint density at radius 2 is 2.53 bits per heavy atom. The second-order valence-corrected chi connectivity index (χ2v) is 4.64. The summed E-state index contributed by atoms with van der Waals surface area (Å²) in [5, 5.41) is 0. The van der Waals surface area contributed by atoms with Crippen molar-refractivity contribution in [2.45, 2.75) is 45.4 Å². The fraction of sp³-hybridized carbons (Fsp3) is 0.750. The Morgan fingerprint density at radius 1 is 1.71 bits per heavy atom. The number of ether oxygens (including phenoxy) is 1. The average molecular weight is 238 g/mol. The largest absolute Gasteiger partial charge is 0.378 e. The highest BCUT2D eigenvalue weighted by Gasteiger charge is 2.32. The summed E-state index contributed by atoms with van der Waals surface area (Å²) in [4.78, 5) is 4.40. The zero-order chi connectivity index (χ0) is 12.3. The van der Waals surface area contributed by atoms with Crippen molar-refractivity contribution in [3.63, 3.8) is 0 Å². The second kappa shape index (κ2) is 5.62. The topological polar surface area (TPSA) is 65.1 Å². The highest BCUT2D eigenvalue weighted by molar-refractivity contribution is 4.98. The maximum Gasteiger partial charge on any atom is 0.110 e. The molecule has 0 amide bonds. The Bertz CT molecular complexity index is 352. The summed E-state index contributed by atoms with van der Waals surface area (Å²) in [5.41, 5.74) is 2.93. The number of hydrazine groups is 1. The number of nitrogens with zero attached hydrogens (tertiary/aromatic N) is 2. The molecular weight excluding hydrogens is 216 g/mol. The average Bonchev–Trinajstić information content (AvgIpc) is 2.94. The van der Waals surface area contributed by atoms with Gasteiger partial charge in [-0.05, 0) is 20.3 Å². The van der Waals surface area contributed by atoms with Crippen LogP contribution in [0.15, 0.2) is 12.4 Å². The molecule has 0 aliphatic carbocycles. The first kappa shape index (κ1) is 12.5. The van der Waals surface area contributed by atoms with Gasteiger partial charge in [0.1, 0.15) is 5.82 Å². The van der Waals surface area contributed by atoms with Crippen molar-refractivity contribution in [1.82, 2.24) is 15.0 Å². The smallest absolute Gasteiger partial charge is 0.110 e. The van der Waals surface area contributed by atoms with E-state index in [4.69, 9.17) is 10.6 Å². The van der Waals surface area contributed by atoms with E-state index in [-0.39, 0.29) is 12.1 Å². The maximum atomic E-state index is 5.68. The lowest BCUT2D eigenvalue weighted by Crippen LogP contribution is -2.45. The summed E-state index contributed by atoms with van der Waals surface area (Å²) in [6, 6.07) is 0.236. The molecule has 3 N–H and O–H groups in total. The fourth-order valence-electron chi connectivity index (χ4n) is 2.63. The lowest BCUT2D eigenvalue weighted by atomic mass is 9.91. The minimum Gasteiger partial charge on any atom is -0.378 e. The zero-order valence-corrected chi connectivity index (χ0v) is 10.6. The van der Waals surface area contributed by atoms with E-state index in [0.717, 1.165) is 31.8 Å². The lowest BCUT2D eigenvalue weighted by molar-refractivity contribution is 0.0950. The van der Waals surface area contributed by atoms with Crippen molar-refractivity contribution >= 4 is 0 Å². The van der Waals surface area contributed by atoms with Gasteiger partial charge in [-0.15, -0.1) is 0 Å². The maximum absolute atomic E-state index is 5.68. The fourth-order valence-corrected chi connectivity index (χ4v) is 2.63. The van der Waals surface area contributed by atoms with Gasteiger partial charge < -0.3 is 9.30 Å². The van der Waals surface area contributed by atoms with Crippen molar-refractivity contribution in [3.8, 4) is 0 Å². The quantitative estimate of drug-likeness (QED) is 0.585. The van der Waals surface area contributed by atoms with Gasteiger partial charge in [0.05, 0.1) is 6.10 Å². The SMILES string of the molecule is CCn1ccnc1CC(NN)C1CCOC1C. The molecule has 1 fully saturated rings. The third-order valence-corrected chi connectivity index (χ3v) is 3.71. The molecule has 1 aromatic rings. The third kappa shape index (κ3) is 2.68. The molecular formula is C12H22N4O. The van der Waals surface area contributed by atoms with Gasteiger partial charge in [0, 0.05) is 43.9 Å². The number of nitrogens with two attached hydrogens (primary N) is 1. The number of aryl methyl sites for hydroxylation is 1. The lowest BCUT2D eigenvalue weighted by Gasteiger charge is -2.25. The van der Waals surface area contributed by atoms with Gasteiger partial charge in [-0.25, -0.2) is 4.98 Å². The summed E-state index contributed by atoms with van der Waals surface area (Å²) in [6.45, 7) is 6.03. The monoisotopic (exact) mass is 238 g/mol. The second-order valence-electron chi connectivity index (χ2n) is 4.64. The van der Waals surface area contributed by atoms with E-state index in [1.54, 1.807) is 0 Å². The van der Waals surface area contributed by atoms with Crippen LogP contribution in [-0.4, -0.2) is 28.3 Å². The normalized spacial score (nSPS) is 26.3. The molecule has 3 unspecified atom stereocenters. The van der Waals surface area contributed by atoms with Crippen molar-refractivity contribution in [2.24, 2.45) is 11.8 Å². The Morgan fingerprint density at radius 3 is 3.12 bits per heavy atom. The van der Waals surface area contributed by atoms with Gasteiger partial charge in [-0.1, -0.05) is 0 Å². The molecule has 1 aliphatic rings. The molecule has 96 valence electrons. The van der Waals surface area contributed by atoms with Crippen LogP contribution in [0.5, 0.6) is 0 Å². The van der Waals surface area contributed by atoms with Crippen LogP contribution in [0.1, 0.15) is 26.1 Å². The first-order chi connectivity index (χ1) is 8.26. The van der Waals surface area contributed by atoms with Crippen LogP contribution in [-0.2, 0) is 17.7 Å². The van der Waals surface area contributed by atoms with Crippen molar-refractivity contribution < 1.29 is 4.74 Å². The summed E-state index contributed by atoms with van der Waals surface area (Å²) in [7, 11) is 0. The number of aromatic nitrogens is 2. The van der Waals surface area contributed by atoms with Crippen LogP contribution in [0.25, 0.3) is 0 Å². The summed E-state index contributed by atoms with van der Waals surface area (Å²) in [5.74, 6) is 7.25. The molecule has 0 spiro atoms. The number of hydrogen-bond acceptors (Lipinski definition) is 4. The highest BCUT2D eigenvalue weighted by Crippen LogP contribution is 2.25. The molecule has 1 aromatic heterocycles. The summed E-state index contributed by atoms with van der Waals surface area (Å²) >= 11 is 0. The third-order valence-electron chi connectivity index (χ3n) is 3.71. The predicted molar refractivity (Wildman–Crippen MR) is 66.2 cm³/mol. The zero-order valence-electron chi connectivity index (χ0n) is 10.6. The van der Waals surface area contributed by atoms with Crippen LogP contribution in [0.4, 0.5) is 0 Å². The molecule has 5 nitrogen and oxygen atoms in total. The highest BCUT2D eigenvalue weighted by atomic mass is 16.5. The first-order valence-electron chi connectivity index (χ1n) is 6.34. The molecule has 0 bridgehead atoms. The Labute approximate surface area is 102 Å². The van der Waals surface area contributed by atoms with Gasteiger partial charge >= 0.3 is 0 Å². The van der Waals surface area contributed by atoms with E-state index in [1.165, 1.54) is 0 Å². The Hall–Kier alpha value is -0.910. The molecule has 5 heteroatoms. The standard InChI is InChI=1S/C12H22N4O/c1-3-16-6-5-14-12(16)8-11(15-13)10-4-7-17-9(10)2/h5-6,9-11,15H,3-4,7-8,13H2,1-2H3. The first-order valence-corrected chi connectivity index (χ1v) is 6.34. The predicted octanol–water partition coefficient (Wildman–Crippen LogP) is 0.702. The van der Waals surface area contributed by atoms with Crippen molar-refractivity contribution in [1.29, 1.82) is 0 Å². The Balaban J connectivity index is 2.04. The molecule has 1 saturated heterocycles. The van der Waals surface area contributed by atoms with E-state index in [1.807, 2.05) is 12.4 Å². The summed E-state index contributed by atoms with van der Waals surface area (Å²) in [6.07, 6.45) is 6.07. The van der Waals surface area contributed by atoms with Crippen molar-refractivity contribution in [2.75, 3.05) is 6.61 Å². The molecule has 1 aliphatic heterocycles. The van der Waals surface area contributed by atoms with Crippen LogP contribution >= 0.6 is 0 Å². The molecule has 0 saturated carbocycles.